The van der Waals surface area contributed by atoms with Gasteiger partial charge in [-0.1, -0.05) is 12.7 Å². The van der Waals surface area contributed by atoms with Crippen LogP contribution in [-0.4, -0.2) is 54.0 Å². The summed E-state index contributed by atoms with van der Waals surface area (Å²) in [4.78, 5) is 24.1. The lowest BCUT2D eigenvalue weighted by molar-refractivity contribution is -0.160. The van der Waals surface area contributed by atoms with Crippen LogP contribution >= 0.6 is 0 Å². The number of fused-ring (bicyclic) bond motifs is 1. The van der Waals surface area contributed by atoms with Crippen LogP contribution in [0.25, 0.3) is 0 Å². The van der Waals surface area contributed by atoms with Crippen molar-refractivity contribution in [3.8, 4) is 0 Å². The van der Waals surface area contributed by atoms with E-state index in [0.29, 0.717) is 19.5 Å². The van der Waals surface area contributed by atoms with E-state index in [4.69, 9.17) is 14.6 Å². The molecule has 0 saturated carbocycles. The second kappa shape index (κ2) is 5.39. The SMILES string of the molecule is C=CCOC(=O)N1C[C@@H]2CC[C@@H](C(=O)O)O[C@H]2C1. The highest BCUT2D eigenvalue weighted by atomic mass is 16.6. The Morgan fingerprint density at radius 1 is 1.44 bits per heavy atom. The monoisotopic (exact) mass is 255 g/mol. The molecule has 2 rings (SSSR count). The quantitative estimate of drug-likeness (QED) is 0.757. The largest absolute Gasteiger partial charge is 0.479 e. The first-order valence-electron chi connectivity index (χ1n) is 6.02. The molecule has 0 unspecified atom stereocenters. The third-order valence-corrected chi connectivity index (χ3v) is 3.38. The number of carbonyl (C=O) groups excluding carboxylic acids is 1. The number of aliphatic carboxylic acids is 1. The molecule has 0 aliphatic carbocycles. The van der Waals surface area contributed by atoms with E-state index < -0.39 is 12.1 Å². The van der Waals surface area contributed by atoms with Crippen LogP contribution in [0.5, 0.6) is 0 Å². The van der Waals surface area contributed by atoms with Gasteiger partial charge >= 0.3 is 12.1 Å². The summed E-state index contributed by atoms with van der Waals surface area (Å²) in [6.07, 6.45) is 1.47. The van der Waals surface area contributed by atoms with Crippen molar-refractivity contribution >= 4 is 12.1 Å². The number of carbonyl (C=O) groups is 2. The number of nitrogens with zero attached hydrogens (tertiary/aromatic N) is 1. The molecule has 3 atom stereocenters. The number of amides is 1. The molecule has 2 aliphatic heterocycles. The zero-order valence-corrected chi connectivity index (χ0v) is 10.1. The molecule has 2 saturated heterocycles. The summed E-state index contributed by atoms with van der Waals surface area (Å²) in [5, 5.41) is 8.91. The number of ether oxygens (including phenoxy) is 2. The fourth-order valence-electron chi connectivity index (χ4n) is 2.47. The average Bonchev–Trinajstić information content (AvgIpc) is 2.78. The Morgan fingerprint density at radius 2 is 2.22 bits per heavy atom. The predicted molar refractivity (Wildman–Crippen MR) is 62.1 cm³/mol. The van der Waals surface area contributed by atoms with Crippen molar-refractivity contribution in [3.05, 3.63) is 12.7 Å². The van der Waals surface area contributed by atoms with Crippen LogP contribution in [0.15, 0.2) is 12.7 Å². The molecule has 18 heavy (non-hydrogen) atoms. The van der Waals surface area contributed by atoms with E-state index in [-0.39, 0.29) is 24.7 Å². The van der Waals surface area contributed by atoms with Gasteiger partial charge in [-0.2, -0.15) is 0 Å². The molecule has 1 N–H and O–H groups in total. The maximum Gasteiger partial charge on any atom is 0.410 e. The lowest BCUT2D eigenvalue weighted by Gasteiger charge is -2.28. The number of carboxylic acids is 1. The summed E-state index contributed by atoms with van der Waals surface area (Å²) in [6, 6.07) is 0. The Kier molecular flexibility index (Phi) is 3.86. The first-order valence-corrected chi connectivity index (χ1v) is 6.02. The fourth-order valence-corrected chi connectivity index (χ4v) is 2.47. The highest BCUT2D eigenvalue weighted by molar-refractivity contribution is 5.72. The van der Waals surface area contributed by atoms with E-state index in [9.17, 15) is 9.59 Å². The van der Waals surface area contributed by atoms with Crippen LogP contribution in [0.3, 0.4) is 0 Å². The van der Waals surface area contributed by atoms with Gasteiger partial charge in [0.25, 0.3) is 0 Å². The molecule has 0 bridgehead atoms. The third-order valence-electron chi connectivity index (χ3n) is 3.38. The van der Waals surface area contributed by atoms with Crippen molar-refractivity contribution in [1.29, 1.82) is 0 Å². The molecule has 100 valence electrons. The summed E-state index contributed by atoms with van der Waals surface area (Å²) in [5.41, 5.74) is 0. The molecule has 6 heteroatoms. The lowest BCUT2D eigenvalue weighted by atomic mass is 9.94. The van der Waals surface area contributed by atoms with Gasteiger partial charge in [0.2, 0.25) is 0 Å². The van der Waals surface area contributed by atoms with Gasteiger partial charge in [0, 0.05) is 12.5 Å². The molecule has 1 amide bonds. The first kappa shape index (κ1) is 12.9. The lowest BCUT2D eigenvalue weighted by Crippen LogP contribution is -2.38. The van der Waals surface area contributed by atoms with E-state index in [1.54, 1.807) is 4.90 Å². The first-order chi connectivity index (χ1) is 8.61. The third kappa shape index (κ3) is 2.64. The van der Waals surface area contributed by atoms with Gasteiger partial charge < -0.3 is 19.5 Å². The maximum atomic E-state index is 11.6. The topological polar surface area (TPSA) is 76.1 Å². The van der Waals surface area contributed by atoms with Crippen LogP contribution in [-0.2, 0) is 14.3 Å². The van der Waals surface area contributed by atoms with Crippen LogP contribution < -0.4 is 0 Å². The molecular formula is C12H17NO5. The molecule has 2 heterocycles. The van der Waals surface area contributed by atoms with Gasteiger partial charge in [-0.05, 0) is 12.8 Å². The Morgan fingerprint density at radius 3 is 2.89 bits per heavy atom. The minimum absolute atomic E-state index is 0.184. The number of hydrogen-bond donors (Lipinski definition) is 1. The molecule has 0 spiro atoms. The van der Waals surface area contributed by atoms with Gasteiger partial charge in [-0.25, -0.2) is 9.59 Å². The fraction of sp³-hybridized carbons (Fsp3) is 0.667. The Bertz CT molecular complexity index is 356. The van der Waals surface area contributed by atoms with Crippen LogP contribution in [0.4, 0.5) is 4.79 Å². The van der Waals surface area contributed by atoms with Crippen molar-refractivity contribution in [1.82, 2.24) is 4.90 Å². The minimum Gasteiger partial charge on any atom is -0.479 e. The van der Waals surface area contributed by atoms with E-state index >= 15 is 0 Å². The summed E-state index contributed by atoms with van der Waals surface area (Å²) in [6.45, 7) is 4.64. The normalized spacial score (nSPS) is 30.7. The zero-order valence-electron chi connectivity index (χ0n) is 10.1. The highest BCUT2D eigenvalue weighted by Crippen LogP contribution is 2.31. The highest BCUT2D eigenvalue weighted by Gasteiger charge is 2.42. The number of likely N-dealkylation sites (tertiary alicyclic amines) is 1. The molecule has 0 aromatic rings. The molecule has 0 radical (unpaired) electrons. The molecule has 2 fully saturated rings. The van der Waals surface area contributed by atoms with E-state index in [1.165, 1.54) is 6.08 Å². The second-order valence-corrected chi connectivity index (χ2v) is 4.61. The van der Waals surface area contributed by atoms with Gasteiger partial charge in [0.1, 0.15) is 6.61 Å². The standard InChI is InChI=1S/C12H17NO5/c1-2-5-17-12(16)13-6-8-3-4-9(11(14)15)18-10(8)7-13/h2,8-10H,1,3-7H2,(H,14,15)/t8-,9-,10-/m0/s1. The summed E-state index contributed by atoms with van der Waals surface area (Å²) >= 11 is 0. The van der Waals surface area contributed by atoms with Crippen LogP contribution in [0.1, 0.15) is 12.8 Å². The summed E-state index contributed by atoms with van der Waals surface area (Å²) in [7, 11) is 0. The summed E-state index contributed by atoms with van der Waals surface area (Å²) in [5.74, 6) is -0.710. The van der Waals surface area contributed by atoms with Crippen LogP contribution in [0, 0.1) is 5.92 Å². The smallest absolute Gasteiger partial charge is 0.410 e. The molecule has 0 aromatic carbocycles. The second-order valence-electron chi connectivity index (χ2n) is 4.61. The van der Waals surface area contributed by atoms with Crippen molar-refractivity contribution in [2.24, 2.45) is 5.92 Å². The average molecular weight is 255 g/mol. The number of rotatable bonds is 3. The van der Waals surface area contributed by atoms with Gasteiger partial charge in [0.15, 0.2) is 6.10 Å². The molecular weight excluding hydrogens is 238 g/mol. The maximum absolute atomic E-state index is 11.6. The number of hydrogen-bond acceptors (Lipinski definition) is 4. The van der Waals surface area contributed by atoms with Crippen LogP contribution in [0.2, 0.25) is 0 Å². The molecule has 0 aromatic heterocycles. The van der Waals surface area contributed by atoms with E-state index in [1.807, 2.05) is 0 Å². The van der Waals surface area contributed by atoms with E-state index in [0.717, 1.165) is 6.42 Å². The Hall–Kier alpha value is -1.56. The van der Waals surface area contributed by atoms with Crippen molar-refractivity contribution in [2.45, 2.75) is 25.0 Å². The van der Waals surface area contributed by atoms with E-state index in [2.05, 4.69) is 6.58 Å². The molecule has 6 nitrogen and oxygen atoms in total. The van der Waals surface area contributed by atoms with Gasteiger partial charge in [-0.15, -0.1) is 0 Å². The Balaban J connectivity index is 1.89. The van der Waals surface area contributed by atoms with Crippen molar-refractivity contribution in [2.75, 3.05) is 19.7 Å². The Labute approximate surface area is 105 Å². The number of carboxylic acid groups (broad SMARTS) is 1. The van der Waals surface area contributed by atoms with Gasteiger partial charge in [-0.3, -0.25) is 0 Å². The minimum atomic E-state index is -0.930. The zero-order chi connectivity index (χ0) is 13.1. The predicted octanol–water partition coefficient (Wildman–Crippen LogP) is 0.873. The van der Waals surface area contributed by atoms with Crippen molar-refractivity contribution < 1.29 is 24.2 Å². The van der Waals surface area contributed by atoms with Gasteiger partial charge in [0.05, 0.1) is 12.6 Å². The summed E-state index contributed by atoms with van der Waals surface area (Å²) < 4.78 is 10.4. The van der Waals surface area contributed by atoms with Crippen molar-refractivity contribution in [3.63, 3.8) is 0 Å². The molecule has 2 aliphatic rings.